The van der Waals surface area contributed by atoms with E-state index in [0.717, 1.165) is 12.0 Å². The summed E-state index contributed by atoms with van der Waals surface area (Å²) >= 11 is 0. The monoisotopic (exact) mass is 275 g/mol. The number of hydrogen-bond acceptors (Lipinski definition) is 3. The molecule has 2 N–H and O–H groups in total. The SMILES string of the molecule is CC(CC(=O)O)CC(=O)c1ccc2c(c1)C(=O)NCC2. The Bertz CT molecular complexity index is 565. The van der Waals surface area contributed by atoms with Gasteiger partial charge in [0, 0.05) is 30.5 Å². The Balaban J connectivity index is 2.13. The molecule has 0 saturated carbocycles. The molecule has 1 aliphatic heterocycles. The van der Waals surface area contributed by atoms with Gasteiger partial charge in [0.1, 0.15) is 0 Å². The van der Waals surface area contributed by atoms with Crippen molar-refractivity contribution >= 4 is 17.7 Å². The lowest BCUT2D eigenvalue weighted by atomic mass is 9.93. The van der Waals surface area contributed by atoms with E-state index in [4.69, 9.17) is 5.11 Å². The molecule has 0 saturated heterocycles. The molecule has 20 heavy (non-hydrogen) atoms. The minimum absolute atomic E-state index is 0.0306. The second-order valence-electron chi connectivity index (χ2n) is 5.21. The van der Waals surface area contributed by atoms with Gasteiger partial charge >= 0.3 is 5.97 Å². The summed E-state index contributed by atoms with van der Waals surface area (Å²) in [5.74, 6) is -1.40. The van der Waals surface area contributed by atoms with E-state index in [1.54, 1.807) is 19.1 Å². The Morgan fingerprint density at radius 3 is 2.80 bits per heavy atom. The molecule has 2 rings (SSSR count). The quantitative estimate of drug-likeness (QED) is 0.800. The Labute approximate surface area is 117 Å². The number of hydrogen-bond donors (Lipinski definition) is 2. The highest BCUT2D eigenvalue weighted by Crippen LogP contribution is 2.19. The maximum atomic E-state index is 12.1. The highest BCUT2D eigenvalue weighted by atomic mass is 16.4. The Morgan fingerprint density at radius 1 is 1.35 bits per heavy atom. The van der Waals surface area contributed by atoms with Crippen molar-refractivity contribution in [2.45, 2.75) is 26.2 Å². The summed E-state index contributed by atoms with van der Waals surface area (Å²) < 4.78 is 0. The number of amides is 1. The molecule has 0 aromatic heterocycles. The Kier molecular flexibility index (Phi) is 4.17. The van der Waals surface area contributed by atoms with Gasteiger partial charge in [-0.3, -0.25) is 14.4 Å². The maximum absolute atomic E-state index is 12.1. The van der Waals surface area contributed by atoms with Gasteiger partial charge in [0.15, 0.2) is 5.78 Å². The average Bonchev–Trinajstić information content (AvgIpc) is 2.37. The van der Waals surface area contributed by atoms with Gasteiger partial charge in [-0.2, -0.15) is 0 Å². The number of carbonyl (C=O) groups is 3. The van der Waals surface area contributed by atoms with Gasteiger partial charge < -0.3 is 10.4 Å². The molecule has 1 aromatic rings. The lowest BCUT2D eigenvalue weighted by Crippen LogP contribution is -2.32. The molecule has 1 unspecified atom stereocenters. The number of carboxylic acid groups (broad SMARTS) is 1. The summed E-state index contributed by atoms with van der Waals surface area (Å²) in [6.45, 7) is 2.35. The molecule has 0 radical (unpaired) electrons. The molecular weight excluding hydrogens is 258 g/mol. The third kappa shape index (κ3) is 3.23. The number of carbonyl (C=O) groups excluding carboxylic acids is 2. The van der Waals surface area contributed by atoms with Crippen LogP contribution in [-0.4, -0.2) is 29.3 Å². The van der Waals surface area contributed by atoms with Gasteiger partial charge in [0.05, 0.1) is 0 Å². The topological polar surface area (TPSA) is 83.5 Å². The fourth-order valence-electron chi connectivity index (χ4n) is 2.39. The van der Waals surface area contributed by atoms with E-state index < -0.39 is 5.97 Å². The summed E-state index contributed by atoms with van der Waals surface area (Å²) in [5, 5.41) is 11.4. The van der Waals surface area contributed by atoms with Crippen LogP contribution in [0, 0.1) is 5.92 Å². The molecule has 1 amide bonds. The Morgan fingerprint density at radius 2 is 2.10 bits per heavy atom. The number of fused-ring (bicyclic) bond motifs is 1. The number of rotatable bonds is 5. The van der Waals surface area contributed by atoms with E-state index in [1.165, 1.54) is 0 Å². The van der Waals surface area contributed by atoms with Crippen molar-refractivity contribution in [1.82, 2.24) is 5.32 Å². The number of benzene rings is 1. The van der Waals surface area contributed by atoms with Crippen molar-refractivity contribution in [3.63, 3.8) is 0 Å². The van der Waals surface area contributed by atoms with Crippen LogP contribution < -0.4 is 5.32 Å². The lowest BCUT2D eigenvalue weighted by molar-refractivity contribution is -0.137. The molecule has 1 heterocycles. The predicted octanol–water partition coefficient (Wildman–Crippen LogP) is 1.66. The van der Waals surface area contributed by atoms with Gasteiger partial charge in [-0.1, -0.05) is 19.1 Å². The molecule has 0 aliphatic carbocycles. The minimum atomic E-state index is -0.907. The first-order valence-corrected chi connectivity index (χ1v) is 6.63. The van der Waals surface area contributed by atoms with Crippen molar-refractivity contribution < 1.29 is 19.5 Å². The molecule has 5 heteroatoms. The van der Waals surface area contributed by atoms with Crippen molar-refractivity contribution in [2.24, 2.45) is 5.92 Å². The van der Waals surface area contributed by atoms with Gasteiger partial charge in [-0.25, -0.2) is 0 Å². The zero-order valence-corrected chi connectivity index (χ0v) is 11.3. The van der Waals surface area contributed by atoms with E-state index in [1.807, 2.05) is 6.07 Å². The maximum Gasteiger partial charge on any atom is 0.303 e. The summed E-state index contributed by atoms with van der Waals surface area (Å²) in [6, 6.07) is 5.13. The minimum Gasteiger partial charge on any atom is -0.481 e. The van der Waals surface area contributed by atoms with E-state index >= 15 is 0 Å². The van der Waals surface area contributed by atoms with E-state index in [2.05, 4.69) is 5.32 Å². The predicted molar refractivity (Wildman–Crippen MR) is 72.8 cm³/mol. The first-order chi connectivity index (χ1) is 9.47. The fraction of sp³-hybridized carbons (Fsp3) is 0.400. The summed E-state index contributed by atoms with van der Waals surface area (Å²) in [5.41, 5.74) is 1.97. The lowest BCUT2D eigenvalue weighted by Gasteiger charge is -2.17. The van der Waals surface area contributed by atoms with Crippen molar-refractivity contribution in [3.8, 4) is 0 Å². The van der Waals surface area contributed by atoms with Crippen LogP contribution in [0.3, 0.4) is 0 Å². The molecule has 5 nitrogen and oxygen atoms in total. The standard InChI is InChI=1S/C15H17NO4/c1-9(7-14(18)19)6-13(17)11-3-2-10-4-5-16-15(20)12(10)8-11/h2-3,8-9H,4-7H2,1H3,(H,16,20)(H,18,19). The van der Waals surface area contributed by atoms with Crippen LogP contribution in [0.15, 0.2) is 18.2 Å². The highest BCUT2D eigenvalue weighted by Gasteiger charge is 2.20. The molecule has 0 spiro atoms. The van der Waals surface area contributed by atoms with Gasteiger partial charge in [-0.15, -0.1) is 0 Å². The highest BCUT2D eigenvalue weighted by molar-refractivity contribution is 6.02. The second-order valence-corrected chi connectivity index (χ2v) is 5.21. The van der Waals surface area contributed by atoms with Crippen molar-refractivity contribution in [3.05, 3.63) is 34.9 Å². The van der Waals surface area contributed by atoms with E-state index in [9.17, 15) is 14.4 Å². The summed E-state index contributed by atoms with van der Waals surface area (Å²) in [6.07, 6.45) is 0.912. The fourth-order valence-corrected chi connectivity index (χ4v) is 2.39. The third-order valence-electron chi connectivity index (χ3n) is 3.41. The van der Waals surface area contributed by atoms with E-state index in [-0.39, 0.29) is 30.4 Å². The number of ketones is 1. The van der Waals surface area contributed by atoms with Crippen LogP contribution in [-0.2, 0) is 11.2 Å². The number of Topliss-reactive ketones (excluding diaryl/α,β-unsaturated/α-hetero) is 1. The third-order valence-corrected chi connectivity index (χ3v) is 3.41. The second kappa shape index (κ2) is 5.86. The normalized spacial score (nSPS) is 15.2. The van der Waals surface area contributed by atoms with Crippen LogP contribution in [0.4, 0.5) is 0 Å². The molecule has 1 aliphatic rings. The number of nitrogens with one attached hydrogen (secondary N) is 1. The zero-order valence-electron chi connectivity index (χ0n) is 11.3. The smallest absolute Gasteiger partial charge is 0.303 e. The zero-order chi connectivity index (χ0) is 14.7. The van der Waals surface area contributed by atoms with Crippen LogP contribution in [0.25, 0.3) is 0 Å². The van der Waals surface area contributed by atoms with E-state index in [0.29, 0.717) is 17.7 Å². The van der Waals surface area contributed by atoms with Crippen molar-refractivity contribution in [1.29, 1.82) is 0 Å². The first-order valence-electron chi connectivity index (χ1n) is 6.63. The molecular formula is C15H17NO4. The number of aliphatic carboxylic acids is 1. The molecule has 0 bridgehead atoms. The molecule has 1 atom stereocenters. The van der Waals surface area contributed by atoms with Crippen LogP contribution in [0.5, 0.6) is 0 Å². The van der Waals surface area contributed by atoms with Crippen LogP contribution in [0.2, 0.25) is 0 Å². The van der Waals surface area contributed by atoms with Crippen LogP contribution in [0.1, 0.15) is 46.0 Å². The van der Waals surface area contributed by atoms with Gasteiger partial charge in [0.25, 0.3) is 5.91 Å². The summed E-state index contributed by atoms with van der Waals surface area (Å²) in [7, 11) is 0. The largest absolute Gasteiger partial charge is 0.481 e. The van der Waals surface area contributed by atoms with Gasteiger partial charge in [0.2, 0.25) is 0 Å². The first kappa shape index (κ1) is 14.2. The molecule has 1 aromatic carbocycles. The summed E-state index contributed by atoms with van der Waals surface area (Å²) in [4.78, 5) is 34.4. The van der Waals surface area contributed by atoms with Crippen molar-refractivity contribution in [2.75, 3.05) is 6.54 Å². The van der Waals surface area contributed by atoms with Crippen LogP contribution >= 0.6 is 0 Å². The average molecular weight is 275 g/mol. The molecule has 106 valence electrons. The molecule has 0 fully saturated rings. The van der Waals surface area contributed by atoms with Gasteiger partial charge in [-0.05, 0) is 24.0 Å². The Hall–Kier alpha value is -2.17. The number of carboxylic acids is 1.